The first-order valence-electron chi connectivity index (χ1n) is 7.19. The summed E-state index contributed by atoms with van der Waals surface area (Å²) in [5.41, 5.74) is 0.697. The zero-order valence-electron chi connectivity index (χ0n) is 13.6. The maximum atomic E-state index is 12.8. The predicted octanol–water partition coefficient (Wildman–Crippen LogP) is 3.72. The molecule has 0 aromatic carbocycles. The van der Waals surface area contributed by atoms with Crippen LogP contribution >= 0.6 is 0 Å². The van der Waals surface area contributed by atoms with Crippen LogP contribution in [0.1, 0.15) is 48.5 Å². The summed E-state index contributed by atoms with van der Waals surface area (Å²) in [6, 6.07) is 0.286. The van der Waals surface area contributed by atoms with Gasteiger partial charge in [-0.3, -0.25) is 0 Å². The molecule has 0 spiro atoms. The van der Waals surface area contributed by atoms with Crippen LogP contribution in [0, 0.1) is 0 Å². The van der Waals surface area contributed by atoms with Gasteiger partial charge < -0.3 is 0 Å². The van der Waals surface area contributed by atoms with E-state index in [4.69, 9.17) is 0 Å². The number of hydrogen-bond acceptors (Lipinski definition) is 2. The van der Waals surface area contributed by atoms with Crippen molar-refractivity contribution in [3.05, 3.63) is 23.8 Å². The zero-order valence-corrected chi connectivity index (χ0v) is 15.3. The number of rotatable bonds is 4. The van der Waals surface area contributed by atoms with Crippen molar-refractivity contribution in [1.29, 1.82) is 0 Å². The van der Waals surface area contributed by atoms with E-state index in [1.807, 2.05) is 71.6 Å². The molecule has 0 heterocycles. The van der Waals surface area contributed by atoms with Crippen molar-refractivity contribution >= 4 is 19.7 Å². The van der Waals surface area contributed by atoms with Gasteiger partial charge in [-0.15, -0.1) is 0 Å². The molecule has 0 aromatic heterocycles. The van der Waals surface area contributed by atoms with E-state index in [1.165, 1.54) is 0 Å². The molecule has 2 unspecified atom stereocenters. The summed E-state index contributed by atoms with van der Waals surface area (Å²) in [6.45, 7) is 14.0. The summed E-state index contributed by atoms with van der Waals surface area (Å²) >= 11 is -2.16. The predicted molar refractivity (Wildman–Crippen MR) is 84.2 cm³/mol. The van der Waals surface area contributed by atoms with E-state index < -0.39 is 13.8 Å². The summed E-state index contributed by atoms with van der Waals surface area (Å²) in [5.74, 6) is 0.0267. The Kier molecular flexibility index (Phi) is 5.51. The Morgan fingerprint density at radius 1 is 1.20 bits per heavy atom. The van der Waals surface area contributed by atoms with Gasteiger partial charge >= 0.3 is 127 Å². The average Bonchev–Trinajstić information content (AvgIpc) is 2.73. The van der Waals surface area contributed by atoms with E-state index in [2.05, 4.69) is 0 Å². The van der Waals surface area contributed by atoms with Crippen molar-refractivity contribution in [2.24, 2.45) is 0 Å². The van der Waals surface area contributed by atoms with E-state index >= 15 is 0 Å². The molecule has 0 N–H and O–H groups in total. The first-order valence-corrected chi connectivity index (χ1v) is 9.73. The van der Waals surface area contributed by atoms with Crippen LogP contribution in [0.4, 0.5) is 0 Å². The first kappa shape index (κ1) is 17.3. The molecule has 1 aliphatic carbocycles. The molecular formula is C16H27NO2Se. The summed E-state index contributed by atoms with van der Waals surface area (Å²) in [4.78, 5) is 14.4. The van der Waals surface area contributed by atoms with Gasteiger partial charge in [0.15, 0.2) is 0 Å². The number of amides is 1. The Morgan fingerprint density at radius 2 is 1.70 bits per heavy atom. The fourth-order valence-corrected chi connectivity index (χ4v) is 5.38. The molecule has 0 aliphatic heterocycles. The quantitative estimate of drug-likeness (QED) is 0.729. The SMILES string of the molecule is CC(C)N(C(=O)C1=CC=CC1[Se](=O)C(C)(C)C)C(C)C. The number of hydrogen-bond donors (Lipinski definition) is 0. The zero-order chi connectivity index (χ0) is 15.7. The van der Waals surface area contributed by atoms with Crippen LogP contribution in [0.5, 0.6) is 0 Å². The van der Waals surface area contributed by atoms with Crippen molar-refractivity contribution in [1.82, 2.24) is 4.90 Å². The number of carbonyl (C=O) groups excluding carboxylic acids is 1. The Balaban J connectivity index is 3.02. The molecule has 1 rings (SSSR count). The summed E-state index contributed by atoms with van der Waals surface area (Å²) < 4.78 is 12.5. The monoisotopic (exact) mass is 345 g/mol. The summed E-state index contributed by atoms with van der Waals surface area (Å²) in [6.07, 6.45) is 5.64. The third-order valence-corrected chi connectivity index (χ3v) is 7.66. The molecule has 2 atom stereocenters. The molecule has 3 nitrogen and oxygen atoms in total. The standard InChI is InChI=1S/C16H27NO2Se/c1-11(2)17(12(3)4)15(18)13-9-8-10-14(13)20(19)16(5,6)7/h8-12,14H,1-7H3. The summed E-state index contributed by atoms with van der Waals surface area (Å²) in [7, 11) is 0. The van der Waals surface area contributed by atoms with Gasteiger partial charge in [-0.1, -0.05) is 0 Å². The molecule has 114 valence electrons. The molecule has 20 heavy (non-hydrogen) atoms. The minimum atomic E-state index is -2.16. The molecular weight excluding hydrogens is 317 g/mol. The van der Waals surface area contributed by atoms with Gasteiger partial charge in [0.2, 0.25) is 0 Å². The molecule has 1 aliphatic rings. The third kappa shape index (κ3) is 3.67. The van der Waals surface area contributed by atoms with Crippen LogP contribution in [-0.2, 0) is 8.63 Å². The molecule has 0 fully saturated rings. The minimum absolute atomic E-state index is 0.0267. The molecule has 0 aromatic rings. The fraction of sp³-hybridized carbons (Fsp3) is 0.688. The van der Waals surface area contributed by atoms with Crippen LogP contribution < -0.4 is 0 Å². The van der Waals surface area contributed by atoms with Crippen LogP contribution in [0.15, 0.2) is 23.8 Å². The van der Waals surface area contributed by atoms with Crippen LogP contribution in [-0.4, -0.2) is 36.7 Å². The van der Waals surface area contributed by atoms with E-state index in [0.717, 1.165) is 0 Å². The molecule has 0 saturated heterocycles. The van der Waals surface area contributed by atoms with Crippen molar-refractivity contribution in [2.75, 3.05) is 0 Å². The second-order valence-corrected chi connectivity index (χ2v) is 11.6. The van der Waals surface area contributed by atoms with E-state index in [1.54, 1.807) is 0 Å². The summed E-state index contributed by atoms with van der Waals surface area (Å²) in [5, 5.41) is 0. The maximum absolute atomic E-state index is 12.8. The van der Waals surface area contributed by atoms with Crippen LogP contribution in [0.3, 0.4) is 0 Å². The Bertz CT molecular complexity index is 448. The molecule has 0 radical (unpaired) electrons. The third-order valence-electron chi connectivity index (χ3n) is 3.30. The number of allylic oxidation sites excluding steroid dienone is 3. The Labute approximate surface area is 127 Å². The second-order valence-electron chi connectivity index (χ2n) is 6.74. The van der Waals surface area contributed by atoms with Gasteiger partial charge in [0.05, 0.1) is 0 Å². The first-order chi connectivity index (χ1) is 9.07. The van der Waals surface area contributed by atoms with Crippen LogP contribution in [0.25, 0.3) is 0 Å². The van der Waals surface area contributed by atoms with E-state index in [0.29, 0.717) is 5.57 Å². The van der Waals surface area contributed by atoms with Gasteiger partial charge in [0.25, 0.3) is 0 Å². The number of nitrogens with zero attached hydrogens (tertiary/aromatic N) is 1. The van der Waals surface area contributed by atoms with E-state index in [9.17, 15) is 8.63 Å². The van der Waals surface area contributed by atoms with Gasteiger partial charge in [-0.2, -0.15) is 0 Å². The van der Waals surface area contributed by atoms with Crippen molar-refractivity contribution in [3.8, 4) is 0 Å². The molecule has 0 bridgehead atoms. The van der Waals surface area contributed by atoms with Crippen molar-refractivity contribution in [3.63, 3.8) is 0 Å². The van der Waals surface area contributed by atoms with Gasteiger partial charge in [-0.05, 0) is 0 Å². The average molecular weight is 344 g/mol. The second kappa shape index (κ2) is 6.36. The van der Waals surface area contributed by atoms with Crippen molar-refractivity contribution < 1.29 is 8.63 Å². The molecule has 0 saturated carbocycles. The van der Waals surface area contributed by atoms with Crippen LogP contribution in [0.2, 0.25) is 9.13 Å². The normalized spacial score (nSPS) is 20.4. The van der Waals surface area contributed by atoms with Gasteiger partial charge in [-0.25, -0.2) is 0 Å². The van der Waals surface area contributed by atoms with Gasteiger partial charge in [0.1, 0.15) is 0 Å². The topological polar surface area (TPSA) is 37.4 Å². The molecule has 4 heteroatoms. The fourth-order valence-electron chi connectivity index (χ4n) is 2.43. The van der Waals surface area contributed by atoms with Gasteiger partial charge in [0, 0.05) is 0 Å². The Hall–Kier alpha value is -0.731. The van der Waals surface area contributed by atoms with Crippen molar-refractivity contribution in [2.45, 2.75) is 69.7 Å². The molecule has 1 amide bonds. The number of carbonyl (C=O) groups is 1. The Morgan fingerprint density at radius 3 is 2.10 bits per heavy atom. The van der Waals surface area contributed by atoms with E-state index in [-0.39, 0.29) is 27.1 Å².